The molecule has 0 saturated heterocycles. The van der Waals surface area contributed by atoms with Gasteiger partial charge >= 0.3 is 5.76 Å². The van der Waals surface area contributed by atoms with Crippen molar-refractivity contribution in [2.24, 2.45) is 7.05 Å². The molecule has 2 aromatic rings. The molecule has 0 amide bonds. The number of fused-ring (bicyclic) bond motifs is 1. The molecule has 1 heterocycles. The molecule has 0 spiro atoms. The van der Waals surface area contributed by atoms with Gasteiger partial charge in [0.25, 0.3) is 0 Å². The first-order valence-electron chi connectivity index (χ1n) is 5.20. The average Bonchev–Trinajstić information content (AvgIpc) is 2.56. The molecule has 0 atom stereocenters. The van der Waals surface area contributed by atoms with Crippen molar-refractivity contribution in [1.82, 2.24) is 9.88 Å². The summed E-state index contributed by atoms with van der Waals surface area (Å²) in [6.07, 6.45) is 0. The number of aromatic nitrogens is 1. The Morgan fingerprint density at radius 3 is 2.94 bits per heavy atom. The Morgan fingerprint density at radius 2 is 2.19 bits per heavy atom. The molecule has 0 aliphatic rings. The highest BCUT2D eigenvalue weighted by molar-refractivity contribution is 5.77. The number of nitrogens with zero attached hydrogens (tertiary/aromatic N) is 1. The maximum atomic E-state index is 11.3. The van der Waals surface area contributed by atoms with E-state index in [-0.39, 0.29) is 5.76 Å². The number of aryl methyl sites for hydroxylation is 1. The zero-order valence-electron chi connectivity index (χ0n) is 9.41. The Labute approximate surface area is 93.1 Å². The molecule has 86 valence electrons. The van der Waals surface area contributed by atoms with Crippen molar-refractivity contribution in [3.63, 3.8) is 0 Å². The zero-order valence-corrected chi connectivity index (χ0v) is 9.41. The van der Waals surface area contributed by atoms with Crippen LogP contribution >= 0.6 is 0 Å². The topological polar surface area (TPSA) is 59.2 Å². The van der Waals surface area contributed by atoms with Crippen LogP contribution in [-0.2, 0) is 7.05 Å². The summed E-state index contributed by atoms with van der Waals surface area (Å²) in [6, 6.07) is 5.62. The van der Waals surface area contributed by atoms with Gasteiger partial charge in [0.05, 0.1) is 5.52 Å². The number of rotatable bonds is 4. The van der Waals surface area contributed by atoms with Gasteiger partial charge in [0.1, 0.15) is 0 Å². The fourth-order valence-corrected chi connectivity index (χ4v) is 1.57. The maximum Gasteiger partial charge on any atom is 0.419 e. The second-order valence-corrected chi connectivity index (χ2v) is 3.64. The third-order valence-corrected chi connectivity index (χ3v) is 2.50. The Balaban J connectivity index is 2.28. The second kappa shape index (κ2) is 4.40. The quantitative estimate of drug-likeness (QED) is 0.748. The van der Waals surface area contributed by atoms with Crippen molar-refractivity contribution < 1.29 is 4.42 Å². The van der Waals surface area contributed by atoms with Crippen LogP contribution in [0.3, 0.4) is 0 Å². The SMILES string of the molecule is CNCCNc1ccc2oc(=O)n(C)c2c1. The summed E-state index contributed by atoms with van der Waals surface area (Å²) in [5, 5.41) is 6.31. The van der Waals surface area contributed by atoms with Crippen LogP contribution in [0.15, 0.2) is 27.4 Å². The van der Waals surface area contributed by atoms with Gasteiger partial charge in [-0.25, -0.2) is 4.79 Å². The molecule has 1 aromatic carbocycles. The molecule has 1 aromatic heterocycles. The van der Waals surface area contributed by atoms with Crippen LogP contribution in [0.4, 0.5) is 5.69 Å². The minimum Gasteiger partial charge on any atom is -0.408 e. The van der Waals surface area contributed by atoms with Crippen LogP contribution < -0.4 is 16.4 Å². The van der Waals surface area contributed by atoms with Gasteiger partial charge in [0.15, 0.2) is 5.58 Å². The fourth-order valence-electron chi connectivity index (χ4n) is 1.57. The van der Waals surface area contributed by atoms with E-state index >= 15 is 0 Å². The van der Waals surface area contributed by atoms with E-state index in [1.54, 1.807) is 13.1 Å². The molecule has 2 rings (SSSR count). The average molecular weight is 221 g/mol. The lowest BCUT2D eigenvalue weighted by molar-refractivity contribution is 0.528. The minimum atomic E-state index is -0.331. The van der Waals surface area contributed by atoms with Crippen molar-refractivity contribution >= 4 is 16.8 Å². The van der Waals surface area contributed by atoms with Crippen LogP contribution in [0.2, 0.25) is 0 Å². The number of benzene rings is 1. The van der Waals surface area contributed by atoms with Crippen LogP contribution in [0.25, 0.3) is 11.1 Å². The molecule has 0 radical (unpaired) electrons. The largest absolute Gasteiger partial charge is 0.419 e. The van der Waals surface area contributed by atoms with Crippen molar-refractivity contribution in [3.05, 3.63) is 28.7 Å². The van der Waals surface area contributed by atoms with Crippen molar-refractivity contribution in [2.45, 2.75) is 0 Å². The van der Waals surface area contributed by atoms with Crippen LogP contribution in [0, 0.1) is 0 Å². The number of anilines is 1. The summed E-state index contributed by atoms with van der Waals surface area (Å²) in [7, 11) is 3.61. The highest BCUT2D eigenvalue weighted by atomic mass is 16.4. The molecule has 5 nitrogen and oxygen atoms in total. The van der Waals surface area contributed by atoms with E-state index in [1.165, 1.54) is 4.57 Å². The van der Waals surface area contributed by atoms with E-state index < -0.39 is 0 Å². The van der Waals surface area contributed by atoms with Gasteiger partial charge in [0.2, 0.25) is 0 Å². The van der Waals surface area contributed by atoms with E-state index in [0.717, 1.165) is 24.3 Å². The summed E-state index contributed by atoms with van der Waals surface area (Å²) in [5.41, 5.74) is 2.41. The van der Waals surface area contributed by atoms with Gasteiger partial charge in [-0.15, -0.1) is 0 Å². The smallest absolute Gasteiger partial charge is 0.408 e. The Bertz CT molecular complexity index is 542. The summed E-state index contributed by atoms with van der Waals surface area (Å²) >= 11 is 0. The predicted octanol–water partition coefficient (Wildman–Crippen LogP) is 0.763. The summed E-state index contributed by atoms with van der Waals surface area (Å²) < 4.78 is 6.55. The first kappa shape index (κ1) is 10.8. The highest BCUT2D eigenvalue weighted by Gasteiger charge is 2.05. The van der Waals surface area contributed by atoms with E-state index in [9.17, 15) is 4.79 Å². The molecule has 5 heteroatoms. The van der Waals surface area contributed by atoms with E-state index in [4.69, 9.17) is 4.42 Å². The second-order valence-electron chi connectivity index (χ2n) is 3.64. The van der Waals surface area contributed by atoms with Gasteiger partial charge in [-0.1, -0.05) is 0 Å². The third-order valence-electron chi connectivity index (χ3n) is 2.50. The molecular weight excluding hydrogens is 206 g/mol. The minimum absolute atomic E-state index is 0.331. The standard InChI is InChI=1S/C11H15N3O2/c1-12-5-6-13-8-3-4-10-9(7-8)14(2)11(15)16-10/h3-4,7,12-13H,5-6H2,1-2H3. The van der Waals surface area contributed by atoms with Gasteiger partial charge < -0.3 is 15.1 Å². The number of hydrogen-bond donors (Lipinski definition) is 2. The predicted molar refractivity (Wildman–Crippen MR) is 63.9 cm³/mol. The first-order chi connectivity index (χ1) is 7.72. The van der Waals surface area contributed by atoms with Crippen molar-refractivity contribution in [1.29, 1.82) is 0 Å². The summed E-state index contributed by atoms with van der Waals surface area (Å²) in [6.45, 7) is 1.73. The van der Waals surface area contributed by atoms with Crippen molar-refractivity contribution in [3.8, 4) is 0 Å². The summed E-state index contributed by atoms with van der Waals surface area (Å²) in [4.78, 5) is 11.3. The van der Waals surface area contributed by atoms with Crippen LogP contribution in [0.5, 0.6) is 0 Å². The molecule has 0 saturated carbocycles. The molecule has 0 unspecified atom stereocenters. The molecule has 2 N–H and O–H groups in total. The van der Waals surface area contributed by atoms with Crippen LogP contribution in [0.1, 0.15) is 0 Å². The zero-order chi connectivity index (χ0) is 11.5. The van der Waals surface area contributed by atoms with E-state index in [2.05, 4.69) is 10.6 Å². The van der Waals surface area contributed by atoms with Gasteiger partial charge in [-0.3, -0.25) is 4.57 Å². The number of hydrogen-bond acceptors (Lipinski definition) is 4. The first-order valence-corrected chi connectivity index (χ1v) is 5.20. The number of nitrogens with one attached hydrogen (secondary N) is 2. The Hall–Kier alpha value is -1.75. The molecule has 0 aliphatic heterocycles. The number of oxazole rings is 1. The van der Waals surface area contributed by atoms with E-state index in [1.807, 2.05) is 19.2 Å². The van der Waals surface area contributed by atoms with Gasteiger partial charge in [-0.2, -0.15) is 0 Å². The van der Waals surface area contributed by atoms with Gasteiger partial charge in [0, 0.05) is 25.8 Å². The third kappa shape index (κ3) is 1.94. The normalized spacial score (nSPS) is 10.9. The molecule has 0 aliphatic carbocycles. The molecule has 0 bridgehead atoms. The molecule has 16 heavy (non-hydrogen) atoms. The Kier molecular flexibility index (Phi) is 2.96. The van der Waals surface area contributed by atoms with Crippen molar-refractivity contribution in [2.75, 3.05) is 25.5 Å². The lowest BCUT2D eigenvalue weighted by atomic mass is 10.3. The maximum absolute atomic E-state index is 11.3. The highest BCUT2D eigenvalue weighted by Crippen LogP contribution is 2.17. The summed E-state index contributed by atoms with van der Waals surface area (Å²) in [5.74, 6) is -0.331. The van der Waals surface area contributed by atoms with Crippen LogP contribution in [-0.4, -0.2) is 24.7 Å². The lowest BCUT2D eigenvalue weighted by Gasteiger charge is -2.05. The van der Waals surface area contributed by atoms with E-state index in [0.29, 0.717) is 5.58 Å². The molecule has 0 fully saturated rings. The fraction of sp³-hybridized carbons (Fsp3) is 0.364. The van der Waals surface area contributed by atoms with Gasteiger partial charge in [-0.05, 0) is 25.2 Å². The Morgan fingerprint density at radius 1 is 1.38 bits per heavy atom. The lowest BCUT2D eigenvalue weighted by Crippen LogP contribution is -2.17. The molecular formula is C11H15N3O2. The number of likely N-dealkylation sites (N-methyl/N-ethyl adjacent to an activating group) is 1. The monoisotopic (exact) mass is 221 g/mol.